The lowest BCUT2D eigenvalue weighted by Gasteiger charge is -2.19. The predicted molar refractivity (Wildman–Crippen MR) is 76.8 cm³/mol. The molecule has 1 heterocycles. The van der Waals surface area contributed by atoms with E-state index < -0.39 is 10.0 Å². The van der Waals surface area contributed by atoms with Gasteiger partial charge >= 0.3 is 0 Å². The number of hydrogen-bond acceptors (Lipinski definition) is 4. The molecular formula is C12H20N2O3S2. The number of primary sulfonamides is 1. The molecule has 1 atom stereocenters. The van der Waals surface area contributed by atoms with Crippen LogP contribution in [0.3, 0.4) is 0 Å². The van der Waals surface area contributed by atoms with Crippen molar-refractivity contribution in [2.75, 3.05) is 13.6 Å². The molecule has 0 aromatic carbocycles. The van der Waals surface area contributed by atoms with Crippen LogP contribution in [-0.4, -0.2) is 32.8 Å². The van der Waals surface area contributed by atoms with E-state index in [4.69, 9.17) is 5.14 Å². The first-order valence-corrected chi connectivity index (χ1v) is 8.41. The van der Waals surface area contributed by atoms with Crippen LogP contribution in [0.4, 0.5) is 0 Å². The first kappa shape index (κ1) is 16.1. The second-order valence-corrected chi connectivity index (χ2v) is 7.56. The molecule has 7 heteroatoms. The van der Waals surface area contributed by atoms with Crippen molar-refractivity contribution in [1.82, 2.24) is 4.90 Å². The third kappa shape index (κ3) is 4.02. The van der Waals surface area contributed by atoms with Gasteiger partial charge in [-0.1, -0.05) is 20.3 Å². The van der Waals surface area contributed by atoms with Gasteiger partial charge in [0.1, 0.15) is 0 Å². The second-order valence-electron chi connectivity index (χ2n) is 4.78. The first-order valence-electron chi connectivity index (χ1n) is 6.05. The maximum atomic E-state index is 12.2. The molecule has 0 radical (unpaired) electrons. The summed E-state index contributed by atoms with van der Waals surface area (Å²) in [5.74, 6) is 0.246. The van der Waals surface area contributed by atoms with Crippen molar-refractivity contribution in [3.8, 4) is 0 Å². The molecule has 0 aliphatic rings. The van der Waals surface area contributed by atoms with E-state index >= 15 is 0 Å². The van der Waals surface area contributed by atoms with Crippen LogP contribution in [0.15, 0.2) is 11.0 Å². The summed E-state index contributed by atoms with van der Waals surface area (Å²) < 4.78 is 22.7. The average Bonchev–Trinajstić information content (AvgIpc) is 2.69. The number of hydrogen-bond donors (Lipinski definition) is 1. The number of nitrogens with zero attached hydrogens (tertiary/aromatic N) is 1. The monoisotopic (exact) mass is 304 g/mol. The van der Waals surface area contributed by atoms with Crippen LogP contribution in [0.5, 0.6) is 0 Å². The molecule has 0 aliphatic heterocycles. The van der Waals surface area contributed by atoms with E-state index in [1.54, 1.807) is 18.9 Å². The van der Waals surface area contributed by atoms with Gasteiger partial charge in [0.15, 0.2) is 0 Å². The molecule has 2 N–H and O–H groups in total. The maximum absolute atomic E-state index is 12.2. The largest absolute Gasteiger partial charge is 0.341 e. The number of carbonyl (C=O) groups excluding carboxylic acids is 1. The summed E-state index contributed by atoms with van der Waals surface area (Å²) in [6.45, 7) is 6.43. The van der Waals surface area contributed by atoms with Gasteiger partial charge in [0.25, 0.3) is 5.91 Å². The van der Waals surface area contributed by atoms with Crippen molar-refractivity contribution >= 4 is 27.3 Å². The normalized spacial score (nSPS) is 13.3. The van der Waals surface area contributed by atoms with Crippen molar-refractivity contribution in [3.63, 3.8) is 0 Å². The zero-order chi connectivity index (χ0) is 14.8. The molecule has 1 aromatic heterocycles. The topological polar surface area (TPSA) is 80.5 Å². The molecule has 1 amide bonds. The van der Waals surface area contributed by atoms with Crippen LogP contribution in [-0.2, 0) is 10.0 Å². The molecule has 0 spiro atoms. The summed E-state index contributed by atoms with van der Waals surface area (Å²) in [5.41, 5.74) is 0. The lowest BCUT2D eigenvalue weighted by Crippen LogP contribution is -2.30. The van der Waals surface area contributed by atoms with Crippen LogP contribution in [0.25, 0.3) is 0 Å². The Morgan fingerprint density at radius 3 is 2.53 bits per heavy atom. The van der Waals surface area contributed by atoms with Crippen LogP contribution < -0.4 is 5.14 Å². The number of nitrogens with two attached hydrogens (primary N) is 1. The molecule has 0 saturated heterocycles. The Bertz CT molecular complexity index is 564. The molecule has 1 rings (SSSR count). The Hall–Kier alpha value is -0.920. The molecular weight excluding hydrogens is 284 g/mol. The van der Waals surface area contributed by atoms with Crippen molar-refractivity contribution in [3.05, 3.63) is 15.8 Å². The molecule has 108 valence electrons. The van der Waals surface area contributed by atoms with Gasteiger partial charge in [-0.2, -0.15) is 0 Å². The van der Waals surface area contributed by atoms with Crippen molar-refractivity contribution in [2.45, 2.75) is 32.1 Å². The van der Waals surface area contributed by atoms with Crippen molar-refractivity contribution in [1.29, 1.82) is 0 Å². The minimum atomic E-state index is -3.76. The van der Waals surface area contributed by atoms with Crippen LogP contribution in [0.2, 0.25) is 0 Å². The third-order valence-corrected chi connectivity index (χ3v) is 5.22. The molecule has 0 aliphatic carbocycles. The van der Waals surface area contributed by atoms with Gasteiger partial charge in [-0.15, -0.1) is 11.3 Å². The summed E-state index contributed by atoms with van der Waals surface area (Å²) in [6.07, 6.45) is 0.990. The van der Waals surface area contributed by atoms with E-state index in [1.165, 1.54) is 6.07 Å². The molecule has 19 heavy (non-hydrogen) atoms. The fourth-order valence-electron chi connectivity index (χ4n) is 1.72. The Morgan fingerprint density at radius 1 is 1.53 bits per heavy atom. The fourth-order valence-corrected chi connectivity index (χ4v) is 3.86. The fraction of sp³-hybridized carbons (Fsp3) is 0.583. The van der Waals surface area contributed by atoms with E-state index in [1.807, 2.05) is 0 Å². The highest BCUT2D eigenvalue weighted by molar-refractivity contribution is 7.89. The number of sulfonamides is 1. The SMILES string of the molecule is CCC(C)CN(C)C(=O)c1cc(S(N)(=O)=O)c(C)s1. The van der Waals surface area contributed by atoms with E-state index in [0.29, 0.717) is 22.2 Å². The van der Waals surface area contributed by atoms with Crippen molar-refractivity contribution < 1.29 is 13.2 Å². The molecule has 0 bridgehead atoms. The summed E-state index contributed by atoms with van der Waals surface area (Å²) in [5, 5.41) is 5.10. The van der Waals surface area contributed by atoms with E-state index in [2.05, 4.69) is 13.8 Å². The molecule has 0 fully saturated rings. The number of carbonyl (C=O) groups is 1. The third-order valence-electron chi connectivity index (χ3n) is 3.02. The molecule has 1 aromatic rings. The Morgan fingerprint density at radius 2 is 2.11 bits per heavy atom. The number of rotatable bonds is 5. The van der Waals surface area contributed by atoms with Crippen LogP contribution >= 0.6 is 11.3 Å². The van der Waals surface area contributed by atoms with Gasteiger partial charge in [-0.05, 0) is 18.9 Å². The van der Waals surface area contributed by atoms with Crippen LogP contribution in [0.1, 0.15) is 34.8 Å². The van der Waals surface area contributed by atoms with Gasteiger partial charge in [-0.25, -0.2) is 13.6 Å². The second kappa shape index (κ2) is 6.02. The molecule has 1 unspecified atom stereocenters. The number of thiophene rings is 1. The first-order chi connectivity index (χ1) is 8.66. The standard InChI is InChI=1S/C12H20N2O3S2/c1-5-8(2)7-14(4)12(15)10-6-11(9(3)18-10)19(13,16)17/h6,8H,5,7H2,1-4H3,(H2,13,16,17). The quantitative estimate of drug-likeness (QED) is 0.901. The van der Waals surface area contributed by atoms with Crippen LogP contribution in [0, 0.1) is 12.8 Å². The lowest BCUT2D eigenvalue weighted by molar-refractivity contribution is 0.0779. The highest BCUT2D eigenvalue weighted by Crippen LogP contribution is 2.25. The highest BCUT2D eigenvalue weighted by Gasteiger charge is 2.21. The zero-order valence-electron chi connectivity index (χ0n) is 11.6. The zero-order valence-corrected chi connectivity index (χ0v) is 13.3. The Labute approximate surface area is 118 Å². The summed E-state index contributed by atoms with van der Waals surface area (Å²) in [6, 6.07) is 1.37. The molecule has 5 nitrogen and oxygen atoms in total. The minimum absolute atomic E-state index is 0.0396. The van der Waals surface area contributed by atoms with E-state index in [9.17, 15) is 13.2 Å². The summed E-state index contributed by atoms with van der Waals surface area (Å²) in [4.78, 5) is 14.8. The molecule has 0 saturated carbocycles. The maximum Gasteiger partial charge on any atom is 0.263 e. The van der Waals surface area contributed by atoms with Gasteiger partial charge in [-0.3, -0.25) is 4.79 Å². The van der Waals surface area contributed by atoms with Gasteiger partial charge in [0, 0.05) is 18.5 Å². The number of aryl methyl sites for hydroxylation is 1. The van der Waals surface area contributed by atoms with Gasteiger partial charge < -0.3 is 4.90 Å². The van der Waals surface area contributed by atoms with Crippen molar-refractivity contribution in [2.24, 2.45) is 11.1 Å². The predicted octanol–water partition coefficient (Wildman–Crippen LogP) is 1.82. The Balaban J connectivity index is 2.96. The van der Waals surface area contributed by atoms with Gasteiger partial charge in [0.2, 0.25) is 10.0 Å². The summed E-state index contributed by atoms with van der Waals surface area (Å²) >= 11 is 1.16. The van der Waals surface area contributed by atoms with E-state index in [0.717, 1.165) is 17.8 Å². The number of amides is 1. The van der Waals surface area contributed by atoms with Gasteiger partial charge in [0.05, 0.1) is 9.77 Å². The highest BCUT2D eigenvalue weighted by atomic mass is 32.2. The van der Waals surface area contributed by atoms with E-state index in [-0.39, 0.29) is 10.8 Å². The summed E-state index contributed by atoms with van der Waals surface area (Å²) in [7, 11) is -2.04. The smallest absolute Gasteiger partial charge is 0.263 e. The average molecular weight is 304 g/mol. The Kier molecular flexibility index (Phi) is 5.11. The minimum Gasteiger partial charge on any atom is -0.341 e. The lowest BCUT2D eigenvalue weighted by atomic mass is 10.1.